The first-order valence-corrected chi connectivity index (χ1v) is 8.14. The van der Waals surface area contributed by atoms with Crippen molar-refractivity contribution in [3.63, 3.8) is 0 Å². The van der Waals surface area contributed by atoms with E-state index in [0.717, 1.165) is 12.5 Å². The number of piperidine rings is 1. The molecule has 0 bridgehead atoms. The highest BCUT2D eigenvalue weighted by atomic mass is 32.1. The molecule has 1 aromatic heterocycles. The molecule has 2 rings (SSSR count). The van der Waals surface area contributed by atoms with Gasteiger partial charge in [-0.3, -0.25) is 0 Å². The van der Waals surface area contributed by atoms with E-state index >= 15 is 0 Å². The average molecular weight is 281 g/mol. The molecule has 1 aliphatic rings. The van der Waals surface area contributed by atoms with Crippen LogP contribution in [0.15, 0.2) is 17.5 Å². The number of thiophene rings is 1. The van der Waals surface area contributed by atoms with Crippen molar-refractivity contribution in [1.29, 1.82) is 0 Å². The van der Waals surface area contributed by atoms with Crippen LogP contribution in [-0.4, -0.2) is 57.1 Å². The van der Waals surface area contributed by atoms with Gasteiger partial charge in [-0.15, -0.1) is 11.3 Å². The van der Waals surface area contributed by atoms with Gasteiger partial charge in [0.05, 0.1) is 6.04 Å². The zero-order chi connectivity index (χ0) is 13.7. The summed E-state index contributed by atoms with van der Waals surface area (Å²) in [5.74, 6) is 0.863. The van der Waals surface area contributed by atoms with Crippen molar-refractivity contribution in [1.82, 2.24) is 15.1 Å². The van der Waals surface area contributed by atoms with Gasteiger partial charge in [0, 0.05) is 11.4 Å². The summed E-state index contributed by atoms with van der Waals surface area (Å²) in [6.45, 7) is 4.74. The van der Waals surface area contributed by atoms with Crippen molar-refractivity contribution in [2.24, 2.45) is 5.92 Å². The van der Waals surface area contributed by atoms with Crippen LogP contribution < -0.4 is 5.32 Å². The standard InChI is InChI=1S/C15H27N3S/c1-17(2)14(15-5-4-10-19-15)12-16-11-13-6-8-18(3)9-7-13/h4-5,10,13-14,16H,6-9,11-12H2,1-3H3. The molecule has 1 saturated heterocycles. The summed E-state index contributed by atoms with van der Waals surface area (Å²) in [6.07, 6.45) is 2.68. The lowest BCUT2D eigenvalue weighted by Gasteiger charge is -2.30. The lowest BCUT2D eigenvalue weighted by molar-refractivity contribution is 0.210. The fraction of sp³-hybridized carbons (Fsp3) is 0.733. The predicted molar refractivity (Wildman–Crippen MR) is 83.8 cm³/mol. The molecule has 0 saturated carbocycles. The first kappa shape index (κ1) is 15.0. The normalized spacial score (nSPS) is 20.0. The molecular formula is C15H27N3S. The minimum absolute atomic E-state index is 0.506. The molecule has 2 heterocycles. The monoisotopic (exact) mass is 281 g/mol. The molecule has 1 aromatic rings. The van der Waals surface area contributed by atoms with Crippen molar-refractivity contribution in [2.75, 3.05) is 47.3 Å². The van der Waals surface area contributed by atoms with Crippen LogP contribution in [0.25, 0.3) is 0 Å². The van der Waals surface area contributed by atoms with Crippen LogP contribution in [0.5, 0.6) is 0 Å². The third kappa shape index (κ3) is 4.56. The summed E-state index contributed by atoms with van der Waals surface area (Å²) >= 11 is 1.86. The van der Waals surface area contributed by atoms with Crippen molar-refractivity contribution in [2.45, 2.75) is 18.9 Å². The van der Waals surface area contributed by atoms with Gasteiger partial charge < -0.3 is 15.1 Å². The van der Waals surface area contributed by atoms with Crippen molar-refractivity contribution in [3.8, 4) is 0 Å². The van der Waals surface area contributed by atoms with Gasteiger partial charge >= 0.3 is 0 Å². The molecule has 0 radical (unpaired) electrons. The first-order chi connectivity index (χ1) is 9.16. The van der Waals surface area contributed by atoms with E-state index in [2.05, 4.69) is 53.8 Å². The first-order valence-electron chi connectivity index (χ1n) is 7.26. The number of hydrogen-bond donors (Lipinski definition) is 1. The summed E-state index contributed by atoms with van der Waals surface area (Å²) in [7, 11) is 6.56. The van der Waals surface area contributed by atoms with Gasteiger partial charge in [-0.05, 0) is 71.0 Å². The Labute approximate surface area is 121 Å². The van der Waals surface area contributed by atoms with E-state index in [1.165, 1.54) is 37.4 Å². The summed E-state index contributed by atoms with van der Waals surface area (Å²) in [5.41, 5.74) is 0. The molecule has 0 spiro atoms. The fourth-order valence-electron chi connectivity index (χ4n) is 2.71. The molecule has 3 nitrogen and oxygen atoms in total. The van der Waals surface area contributed by atoms with Crippen molar-refractivity contribution >= 4 is 11.3 Å². The molecule has 19 heavy (non-hydrogen) atoms. The highest BCUT2D eigenvalue weighted by Gasteiger charge is 2.18. The van der Waals surface area contributed by atoms with E-state index < -0.39 is 0 Å². The number of rotatable bonds is 6. The lowest BCUT2D eigenvalue weighted by Crippen LogP contribution is -2.37. The van der Waals surface area contributed by atoms with Crippen LogP contribution >= 0.6 is 11.3 Å². The Kier molecular flexibility index (Phi) is 5.82. The molecule has 108 valence electrons. The Morgan fingerprint density at radius 2 is 2.16 bits per heavy atom. The Hall–Kier alpha value is -0.420. The largest absolute Gasteiger partial charge is 0.315 e. The molecule has 4 heteroatoms. The van der Waals surface area contributed by atoms with E-state index in [-0.39, 0.29) is 0 Å². The van der Waals surface area contributed by atoms with Gasteiger partial charge in [0.25, 0.3) is 0 Å². The summed E-state index contributed by atoms with van der Waals surface area (Å²) in [6, 6.07) is 4.89. The van der Waals surface area contributed by atoms with Gasteiger partial charge in [-0.25, -0.2) is 0 Å². The minimum atomic E-state index is 0.506. The number of hydrogen-bond acceptors (Lipinski definition) is 4. The summed E-state index contributed by atoms with van der Waals surface area (Å²) < 4.78 is 0. The van der Waals surface area contributed by atoms with Crippen LogP contribution in [-0.2, 0) is 0 Å². The number of likely N-dealkylation sites (N-methyl/N-ethyl adjacent to an activating group) is 1. The lowest BCUT2D eigenvalue weighted by atomic mass is 9.97. The number of likely N-dealkylation sites (tertiary alicyclic amines) is 1. The summed E-state index contributed by atoms with van der Waals surface area (Å²) in [4.78, 5) is 6.21. The van der Waals surface area contributed by atoms with Crippen LogP contribution in [0.2, 0.25) is 0 Å². The summed E-state index contributed by atoms with van der Waals surface area (Å²) in [5, 5.41) is 5.86. The van der Waals surface area contributed by atoms with E-state index in [1.807, 2.05) is 11.3 Å². The average Bonchev–Trinajstić information content (AvgIpc) is 2.90. The van der Waals surface area contributed by atoms with Gasteiger partial charge in [0.1, 0.15) is 0 Å². The second-order valence-electron chi connectivity index (χ2n) is 5.90. The second-order valence-corrected chi connectivity index (χ2v) is 6.88. The van der Waals surface area contributed by atoms with E-state index in [9.17, 15) is 0 Å². The fourth-order valence-corrected chi connectivity index (χ4v) is 3.63. The molecular weight excluding hydrogens is 254 g/mol. The maximum atomic E-state index is 3.69. The Bertz CT molecular complexity index is 342. The highest BCUT2D eigenvalue weighted by molar-refractivity contribution is 7.10. The van der Waals surface area contributed by atoms with Crippen molar-refractivity contribution in [3.05, 3.63) is 22.4 Å². The minimum Gasteiger partial charge on any atom is -0.315 e. The van der Waals surface area contributed by atoms with E-state index in [4.69, 9.17) is 0 Å². The third-order valence-electron chi connectivity index (χ3n) is 4.10. The predicted octanol–water partition coefficient (Wildman–Crippen LogP) is 2.28. The molecule has 1 fully saturated rings. The smallest absolute Gasteiger partial charge is 0.0561 e. The van der Waals surface area contributed by atoms with Gasteiger partial charge in [-0.2, -0.15) is 0 Å². The maximum absolute atomic E-state index is 3.69. The molecule has 0 amide bonds. The number of nitrogens with zero attached hydrogens (tertiary/aromatic N) is 2. The number of nitrogens with one attached hydrogen (secondary N) is 1. The molecule has 1 unspecified atom stereocenters. The molecule has 0 aromatic carbocycles. The van der Waals surface area contributed by atoms with Crippen LogP contribution in [0.4, 0.5) is 0 Å². The Morgan fingerprint density at radius 1 is 1.42 bits per heavy atom. The Balaban J connectivity index is 1.74. The third-order valence-corrected chi connectivity index (χ3v) is 5.08. The molecule has 1 atom stereocenters. The maximum Gasteiger partial charge on any atom is 0.0561 e. The zero-order valence-electron chi connectivity index (χ0n) is 12.4. The van der Waals surface area contributed by atoms with Crippen LogP contribution in [0.1, 0.15) is 23.8 Å². The van der Waals surface area contributed by atoms with Gasteiger partial charge in [0.15, 0.2) is 0 Å². The molecule has 1 aliphatic heterocycles. The SMILES string of the molecule is CN1CCC(CNCC(c2cccs2)N(C)C)CC1. The van der Waals surface area contributed by atoms with Crippen molar-refractivity contribution < 1.29 is 0 Å². The molecule has 0 aliphatic carbocycles. The van der Waals surface area contributed by atoms with Gasteiger partial charge in [0.2, 0.25) is 0 Å². The Morgan fingerprint density at radius 3 is 2.74 bits per heavy atom. The van der Waals surface area contributed by atoms with E-state index in [1.54, 1.807) is 0 Å². The van der Waals surface area contributed by atoms with Crippen LogP contribution in [0.3, 0.4) is 0 Å². The zero-order valence-corrected chi connectivity index (χ0v) is 13.2. The topological polar surface area (TPSA) is 18.5 Å². The van der Waals surface area contributed by atoms with E-state index in [0.29, 0.717) is 6.04 Å². The second kappa shape index (κ2) is 7.39. The van der Waals surface area contributed by atoms with Gasteiger partial charge in [-0.1, -0.05) is 6.07 Å². The quantitative estimate of drug-likeness (QED) is 0.863. The molecule has 1 N–H and O–H groups in total. The highest BCUT2D eigenvalue weighted by Crippen LogP contribution is 2.22. The van der Waals surface area contributed by atoms with Crippen LogP contribution in [0, 0.1) is 5.92 Å².